The number of nitrogens with zero attached hydrogens (tertiary/aromatic N) is 1. The first kappa shape index (κ1) is 6.92. The molecule has 0 fully saturated rings. The van der Waals surface area contributed by atoms with Gasteiger partial charge in [0.15, 0.2) is 0 Å². The Kier molecular flexibility index (Phi) is 1.70. The lowest BCUT2D eigenvalue weighted by molar-refractivity contribution is -0.0580. The zero-order valence-electron chi connectivity index (χ0n) is 4.20. The molecule has 0 unspecified atom stereocenters. The van der Waals surface area contributed by atoms with Crippen LogP contribution in [0.4, 0.5) is 13.2 Å². The molecule has 9 heavy (non-hydrogen) atoms. The van der Waals surface area contributed by atoms with Gasteiger partial charge < -0.3 is 0 Å². The van der Waals surface area contributed by atoms with Gasteiger partial charge in [0.05, 0.1) is 6.42 Å². The van der Waals surface area contributed by atoms with Gasteiger partial charge in [0.2, 0.25) is 0 Å². The highest BCUT2D eigenvalue weighted by atomic mass is 32.2. The molecule has 0 saturated carbocycles. The number of halogens is 3. The minimum absolute atomic E-state index is 0.217. The van der Waals surface area contributed by atoms with E-state index in [-0.39, 0.29) is 5.75 Å². The van der Waals surface area contributed by atoms with Crippen LogP contribution in [0.15, 0.2) is 4.40 Å². The molecule has 2 radical (unpaired) electrons. The quantitative estimate of drug-likeness (QED) is 0.483. The van der Waals surface area contributed by atoms with E-state index >= 15 is 0 Å². The maximum atomic E-state index is 11.6. The molecule has 50 valence electrons. The van der Waals surface area contributed by atoms with Crippen molar-refractivity contribution in [1.82, 2.24) is 0 Å². The van der Waals surface area contributed by atoms with E-state index in [4.69, 9.17) is 0 Å². The predicted molar refractivity (Wildman–Crippen MR) is 29.2 cm³/mol. The molecule has 0 atom stereocenters. The molecule has 0 aliphatic carbocycles. The fourth-order valence-corrected chi connectivity index (χ4v) is 0.945. The van der Waals surface area contributed by atoms with Gasteiger partial charge in [0.1, 0.15) is 5.71 Å². The van der Waals surface area contributed by atoms with E-state index < -0.39 is 11.9 Å². The molecule has 1 aliphatic heterocycles. The minimum Gasteiger partial charge on any atom is -0.215 e. The predicted octanol–water partition coefficient (Wildman–Crippen LogP) is 1.73. The number of alkyl halides is 3. The van der Waals surface area contributed by atoms with Crippen LogP contribution in [-0.2, 0) is 0 Å². The molecule has 0 N–H and O–H groups in total. The summed E-state index contributed by atoms with van der Waals surface area (Å²) in [6.07, 6.45) is -2.22. The number of hydrogen-bond acceptors (Lipinski definition) is 2. The standard InChI is InChI=1S/C4H2F3NS/c5-4(6,7)3-1-2-9-8-3/h2H2. The van der Waals surface area contributed by atoms with Gasteiger partial charge >= 0.3 is 6.18 Å². The van der Waals surface area contributed by atoms with Gasteiger partial charge in [-0.05, 0) is 11.9 Å². The molecule has 0 bridgehead atoms. The molecule has 0 aromatic heterocycles. The van der Waals surface area contributed by atoms with Crippen LogP contribution >= 0.6 is 11.9 Å². The largest absolute Gasteiger partial charge is 0.430 e. The lowest BCUT2D eigenvalue weighted by Gasteiger charge is -2.01. The molecule has 1 nitrogen and oxygen atoms in total. The average molecular weight is 153 g/mol. The highest BCUT2D eigenvalue weighted by Crippen LogP contribution is 2.26. The Morgan fingerprint density at radius 1 is 1.56 bits per heavy atom. The Morgan fingerprint density at radius 2 is 2.22 bits per heavy atom. The summed E-state index contributed by atoms with van der Waals surface area (Å²) >= 11 is 0.866. The Labute approximate surface area is 54.5 Å². The van der Waals surface area contributed by atoms with Gasteiger partial charge in [-0.2, -0.15) is 13.2 Å². The average Bonchev–Trinajstić information content (AvgIpc) is 2.08. The van der Waals surface area contributed by atoms with Crippen molar-refractivity contribution in [3.05, 3.63) is 6.42 Å². The first-order valence-corrected chi connectivity index (χ1v) is 3.06. The summed E-state index contributed by atoms with van der Waals surface area (Å²) in [5.41, 5.74) is -0.882. The summed E-state index contributed by atoms with van der Waals surface area (Å²) in [6, 6.07) is 0. The Bertz CT molecular complexity index is 139. The maximum absolute atomic E-state index is 11.6. The highest BCUT2D eigenvalue weighted by Gasteiger charge is 2.37. The van der Waals surface area contributed by atoms with Crippen molar-refractivity contribution in [3.63, 3.8) is 0 Å². The second-order valence-corrected chi connectivity index (χ2v) is 2.12. The SMILES string of the molecule is FC(F)(F)C1=NSC[C]1. The lowest BCUT2D eigenvalue weighted by atomic mass is 10.3. The Morgan fingerprint density at radius 3 is 2.44 bits per heavy atom. The topological polar surface area (TPSA) is 12.4 Å². The zero-order chi connectivity index (χ0) is 6.91. The van der Waals surface area contributed by atoms with Crippen LogP contribution in [0.3, 0.4) is 0 Å². The summed E-state index contributed by atoms with van der Waals surface area (Å²) in [5.74, 6) is 0.217. The Hall–Kier alpha value is -0.190. The lowest BCUT2D eigenvalue weighted by Crippen LogP contribution is -2.21. The molecule has 0 spiro atoms. The number of hydrogen-bond donors (Lipinski definition) is 0. The van der Waals surface area contributed by atoms with Gasteiger partial charge in [-0.15, -0.1) is 0 Å². The summed E-state index contributed by atoms with van der Waals surface area (Å²) in [4.78, 5) is 0. The molecule has 1 rings (SSSR count). The van der Waals surface area contributed by atoms with Crippen molar-refractivity contribution in [3.8, 4) is 0 Å². The van der Waals surface area contributed by atoms with Crippen molar-refractivity contribution >= 4 is 17.7 Å². The smallest absolute Gasteiger partial charge is 0.215 e. The van der Waals surface area contributed by atoms with E-state index in [9.17, 15) is 13.2 Å². The monoisotopic (exact) mass is 153 g/mol. The van der Waals surface area contributed by atoms with E-state index in [1.54, 1.807) is 0 Å². The van der Waals surface area contributed by atoms with Crippen LogP contribution in [0.5, 0.6) is 0 Å². The normalized spacial score (nSPS) is 20.1. The molecule has 0 amide bonds. The van der Waals surface area contributed by atoms with Crippen LogP contribution < -0.4 is 0 Å². The third-order valence-electron chi connectivity index (χ3n) is 0.729. The van der Waals surface area contributed by atoms with Gasteiger partial charge in [-0.25, -0.2) is 4.40 Å². The molecule has 1 aliphatic rings. The van der Waals surface area contributed by atoms with Crippen molar-refractivity contribution in [2.24, 2.45) is 4.40 Å². The minimum atomic E-state index is -4.30. The van der Waals surface area contributed by atoms with E-state index in [1.807, 2.05) is 0 Å². The van der Waals surface area contributed by atoms with Crippen LogP contribution in [0.2, 0.25) is 0 Å². The zero-order valence-corrected chi connectivity index (χ0v) is 5.01. The fraction of sp³-hybridized carbons (Fsp3) is 0.500. The van der Waals surface area contributed by atoms with Crippen molar-refractivity contribution < 1.29 is 13.2 Å². The van der Waals surface area contributed by atoms with Crippen LogP contribution in [-0.4, -0.2) is 17.6 Å². The highest BCUT2D eigenvalue weighted by molar-refractivity contribution is 7.98. The second kappa shape index (κ2) is 2.21. The molecule has 0 saturated heterocycles. The van der Waals surface area contributed by atoms with E-state index in [0.717, 1.165) is 11.9 Å². The summed E-state index contributed by atoms with van der Waals surface area (Å²) < 4.78 is 37.8. The van der Waals surface area contributed by atoms with Gasteiger partial charge in [0, 0.05) is 5.75 Å². The third kappa shape index (κ3) is 1.61. The molecular weight excluding hydrogens is 151 g/mol. The summed E-state index contributed by atoms with van der Waals surface area (Å²) in [6.45, 7) is 0. The van der Waals surface area contributed by atoms with Gasteiger partial charge in [-0.3, -0.25) is 0 Å². The van der Waals surface area contributed by atoms with Crippen molar-refractivity contribution in [2.75, 3.05) is 5.75 Å². The fourth-order valence-electron chi connectivity index (χ4n) is 0.382. The van der Waals surface area contributed by atoms with E-state index in [1.165, 1.54) is 0 Å². The van der Waals surface area contributed by atoms with Crippen molar-refractivity contribution in [1.29, 1.82) is 0 Å². The molecule has 5 heteroatoms. The molecular formula is C4H2F3NS. The van der Waals surface area contributed by atoms with E-state index in [2.05, 4.69) is 10.8 Å². The van der Waals surface area contributed by atoms with Crippen LogP contribution in [0.25, 0.3) is 0 Å². The van der Waals surface area contributed by atoms with Crippen LogP contribution in [0, 0.1) is 6.42 Å². The summed E-state index contributed by atoms with van der Waals surface area (Å²) in [5, 5.41) is 0. The molecule has 0 aromatic rings. The molecule has 0 aromatic carbocycles. The Balaban J connectivity index is 2.61. The first-order valence-electron chi connectivity index (χ1n) is 2.12. The molecule has 1 heterocycles. The third-order valence-corrected chi connectivity index (χ3v) is 1.31. The summed E-state index contributed by atoms with van der Waals surface area (Å²) in [7, 11) is 0. The van der Waals surface area contributed by atoms with Crippen LogP contribution in [0.1, 0.15) is 0 Å². The van der Waals surface area contributed by atoms with Crippen molar-refractivity contribution in [2.45, 2.75) is 6.18 Å². The maximum Gasteiger partial charge on any atom is 0.430 e. The second-order valence-electron chi connectivity index (χ2n) is 1.39. The first-order chi connectivity index (χ1) is 4.11. The van der Waals surface area contributed by atoms with Gasteiger partial charge in [-0.1, -0.05) is 0 Å². The van der Waals surface area contributed by atoms with Gasteiger partial charge in [0.25, 0.3) is 0 Å². The van der Waals surface area contributed by atoms with E-state index in [0.29, 0.717) is 0 Å². The number of rotatable bonds is 0.